The molecular formula is C19H20F3N5O3S. The van der Waals surface area contributed by atoms with Gasteiger partial charge in [0.15, 0.2) is 0 Å². The normalized spacial score (nSPS) is 11.7. The summed E-state index contributed by atoms with van der Waals surface area (Å²) in [4.78, 5) is 20.9. The van der Waals surface area contributed by atoms with E-state index in [4.69, 9.17) is 9.47 Å². The molecule has 1 amide bonds. The molecule has 0 aliphatic rings. The molecule has 0 unspecified atom stereocenters. The maximum atomic E-state index is 13.1. The molecule has 0 bridgehead atoms. The van der Waals surface area contributed by atoms with Gasteiger partial charge >= 0.3 is 6.18 Å². The number of amides is 1. The van der Waals surface area contributed by atoms with Gasteiger partial charge in [0, 0.05) is 18.5 Å². The average Bonchev–Trinajstić information content (AvgIpc) is 3.10. The summed E-state index contributed by atoms with van der Waals surface area (Å²) in [6.07, 6.45) is -4.55. The molecule has 3 rings (SSSR count). The van der Waals surface area contributed by atoms with Crippen LogP contribution in [0.2, 0.25) is 0 Å². The molecule has 166 valence electrons. The smallest absolute Gasteiger partial charge is 0.416 e. The average molecular weight is 455 g/mol. The van der Waals surface area contributed by atoms with Crippen LogP contribution < -0.4 is 10.1 Å². The molecule has 0 atom stereocenters. The van der Waals surface area contributed by atoms with Gasteiger partial charge < -0.3 is 14.8 Å². The summed E-state index contributed by atoms with van der Waals surface area (Å²) in [7, 11) is 1.47. The molecule has 0 aliphatic heterocycles. The third-order valence-corrected chi connectivity index (χ3v) is 4.89. The molecule has 2 heterocycles. The lowest BCUT2D eigenvalue weighted by Crippen LogP contribution is -2.17. The fraction of sp³-hybridized carbons (Fsp3) is 0.368. The molecule has 0 radical (unpaired) electrons. The zero-order chi connectivity index (χ0) is 22.6. The number of methoxy groups -OCH3 is 1. The number of nitrogens with zero attached hydrogens (tertiary/aromatic N) is 4. The Labute approximate surface area is 180 Å². The van der Waals surface area contributed by atoms with Crippen molar-refractivity contribution in [2.24, 2.45) is 0 Å². The van der Waals surface area contributed by atoms with Gasteiger partial charge in [0.05, 0.1) is 23.6 Å². The maximum Gasteiger partial charge on any atom is 0.416 e. The molecule has 1 N–H and O–H groups in total. The first kappa shape index (κ1) is 22.8. The highest BCUT2D eigenvalue weighted by Crippen LogP contribution is 2.35. The van der Waals surface area contributed by atoms with E-state index in [2.05, 4.69) is 20.4 Å². The van der Waals surface area contributed by atoms with Crippen LogP contribution in [0.15, 0.2) is 29.4 Å². The zero-order valence-electron chi connectivity index (χ0n) is 17.0. The largest absolute Gasteiger partial charge is 0.489 e. The van der Waals surface area contributed by atoms with Crippen LogP contribution in [-0.4, -0.2) is 51.6 Å². The molecule has 2 aromatic heterocycles. The number of aromatic nitrogens is 4. The molecule has 0 saturated heterocycles. The van der Waals surface area contributed by atoms with Crippen LogP contribution in [0.1, 0.15) is 17.0 Å². The topological polar surface area (TPSA) is 90.6 Å². The van der Waals surface area contributed by atoms with E-state index in [9.17, 15) is 18.0 Å². The van der Waals surface area contributed by atoms with Crippen LogP contribution in [0.3, 0.4) is 0 Å². The highest BCUT2D eigenvalue weighted by molar-refractivity contribution is 7.99. The summed E-state index contributed by atoms with van der Waals surface area (Å²) in [5.41, 5.74) is 0.659. The Morgan fingerprint density at radius 1 is 1.19 bits per heavy atom. The first-order valence-electron chi connectivity index (χ1n) is 9.14. The fourth-order valence-electron chi connectivity index (χ4n) is 2.69. The SMILES string of the molecule is COCCOc1ccc(C(F)(F)F)cc1NC(=O)CSc1nc2nc(C)cc(C)n2n1. The number of ether oxygens (including phenoxy) is 2. The van der Waals surface area contributed by atoms with Gasteiger partial charge in [-0.2, -0.15) is 18.2 Å². The molecule has 31 heavy (non-hydrogen) atoms. The van der Waals surface area contributed by atoms with Crippen molar-refractivity contribution in [3.63, 3.8) is 0 Å². The minimum atomic E-state index is -4.55. The summed E-state index contributed by atoms with van der Waals surface area (Å²) in [6, 6.07) is 4.75. The first-order valence-corrected chi connectivity index (χ1v) is 10.1. The Morgan fingerprint density at radius 2 is 1.97 bits per heavy atom. The van der Waals surface area contributed by atoms with E-state index in [0.29, 0.717) is 10.9 Å². The summed E-state index contributed by atoms with van der Waals surface area (Å²) < 4.78 is 51.1. The number of rotatable bonds is 8. The van der Waals surface area contributed by atoms with Crippen molar-refractivity contribution in [3.8, 4) is 5.75 Å². The quantitative estimate of drug-likeness (QED) is 0.411. The van der Waals surface area contributed by atoms with Crippen molar-refractivity contribution in [1.29, 1.82) is 0 Å². The number of nitrogens with one attached hydrogen (secondary N) is 1. The first-order chi connectivity index (χ1) is 14.7. The van der Waals surface area contributed by atoms with E-state index in [-0.39, 0.29) is 30.4 Å². The van der Waals surface area contributed by atoms with Gasteiger partial charge in [0.25, 0.3) is 5.78 Å². The number of carbonyl (C=O) groups is 1. The van der Waals surface area contributed by atoms with Gasteiger partial charge in [0.1, 0.15) is 12.4 Å². The molecule has 0 fully saturated rings. The molecule has 1 aromatic carbocycles. The number of aryl methyl sites for hydroxylation is 2. The number of anilines is 1. The van der Waals surface area contributed by atoms with Crippen LogP contribution in [0.4, 0.5) is 18.9 Å². The number of alkyl halides is 3. The number of hydrogen-bond acceptors (Lipinski definition) is 7. The van der Waals surface area contributed by atoms with Gasteiger partial charge in [-0.1, -0.05) is 11.8 Å². The van der Waals surface area contributed by atoms with Crippen molar-refractivity contribution in [3.05, 3.63) is 41.2 Å². The number of thioether (sulfide) groups is 1. The van der Waals surface area contributed by atoms with Crippen molar-refractivity contribution >= 4 is 29.1 Å². The van der Waals surface area contributed by atoms with Crippen LogP contribution in [0, 0.1) is 13.8 Å². The molecule has 8 nitrogen and oxygen atoms in total. The van der Waals surface area contributed by atoms with E-state index in [1.807, 2.05) is 19.9 Å². The second kappa shape index (κ2) is 9.52. The number of halogens is 3. The van der Waals surface area contributed by atoms with Crippen molar-refractivity contribution < 1.29 is 27.4 Å². The predicted octanol–water partition coefficient (Wildman–Crippen LogP) is 3.52. The molecule has 0 aliphatic carbocycles. The molecule has 12 heteroatoms. The number of fused-ring (bicyclic) bond motifs is 1. The standard InChI is InChI=1S/C19H20F3N5O3S/c1-11-8-12(2)27-17(23-11)25-18(26-27)31-10-16(28)24-14-9-13(19(20,21)22)4-5-15(14)30-7-6-29-3/h4-5,8-9H,6-7,10H2,1-3H3,(H,24,28). The molecular weight excluding hydrogens is 435 g/mol. The highest BCUT2D eigenvalue weighted by atomic mass is 32.2. The summed E-state index contributed by atoms with van der Waals surface area (Å²) in [6.45, 7) is 4.06. The predicted molar refractivity (Wildman–Crippen MR) is 108 cm³/mol. The lowest BCUT2D eigenvalue weighted by Gasteiger charge is -2.15. The third-order valence-electron chi connectivity index (χ3n) is 4.06. The van der Waals surface area contributed by atoms with Crippen LogP contribution in [0.25, 0.3) is 5.78 Å². The van der Waals surface area contributed by atoms with E-state index in [1.165, 1.54) is 13.2 Å². The van der Waals surface area contributed by atoms with Gasteiger partial charge in [-0.05, 0) is 38.1 Å². The second-order valence-electron chi connectivity index (χ2n) is 6.53. The van der Waals surface area contributed by atoms with Crippen molar-refractivity contribution in [1.82, 2.24) is 19.6 Å². The van der Waals surface area contributed by atoms with Gasteiger partial charge in [0.2, 0.25) is 11.1 Å². The molecule has 0 spiro atoms. The summed E-state index contributed by atoms with van der Waals surface area (Å²) in [5, 5.41) is 7.09. The minimum absolute atomic E-state index is 0.0763. The second-order valence-corrected chi connectivity index (χ2v) is 7.47. The Morgan fingerprint density at radius 3 is 2.68 bits per heavy atom. The Bertz CT molecular complexity index is 1090. The van der Waals surface area contributed by atoms with Crippen LogP contribution in [0.5, 0.6) is 5.75 Å². The fourth-order valence-corrected chi connectivity index (χ4v) is 3.31. The number of benzene rings is 1. The lowest BCUT2D eigenvalue weighted by molar-refractivity contribution is -0.137. The number of hydrogen-bond donors (Lipinski definition) is 1. The summed E-state index contributed by atoms with van der Waals surface area (Å²) >= 11 is 1.05. The third kappa shape index (κ3) is 5.85. The highest BCUT2D eigenvalue weighted by Gasteiger charge is 2.31. The Balaban J connectivity index is 1.71. The number of carbonyl (C=O) groups excluding carboxylic acids is 1. The van der Waals surface area contributed by atoms with E-state index in [0.717, 1.165) is 35.3 Å². The van der Waals surface area contributed by atoms with Crippen molar-refractivity contribution in [2.75, 3.05) is 31.4 Å². The molecule has 3 aromatic rings. The Hall–Kier alpha value is -2.86. The van der Waals surface area contributed by atoms with Gasteiger partial charge in [-0.3, -0.25) is 4.79 Å². The molecule has 0 saturated carbocycles. The van der Waals surface area contributed by atoms with Crippen LogP contribution in [-0.2, 0) is 15.7 Å². The van der Waals surface area contributed by atoms with Crippen molar-refractivity contribution in [2.45, 2.75) is 25.2 Å². The van der Waals surface area contributed by atoms with Crippen LogP contribution >= 0.6 is 11.8 Å². The van der Waals surface area contributed by atoms with E-state index in [1.54, 1.807) is 4.52 Å². The minimum Gasteiger partial charge on any atom is -0.489 e. The lowest BCUT2D eigenvalue weighted by atomic mass is 10.1. The van der Waals surface area contributed by atoms with E-state index >= 15 is 0 Å². The monoisotopic (exact) mass is 455 g/mol. The maximum absolute atomic E-state index is 13.1. The van der Waals surface area contributed by atoms with Gasteiger partial charge in [-0.25, -0.2) is 9.50 Å². The Kier molecular flexibility index (Phi) is 7.01. The zero-order valence-corrected chi connectivity index (χ0v) is 17.8. The van der Waals surface area contributed by atoms with E-state index < -0.39 is 17.6 Å². The van der Waals surface area contributed by atoms with Gasteiger partial charge in [-0.15, -0.1) is 5.10 Å². The summed E-state index contributed by atoms with van der Waals surface area (Å²) in [5.74, 6) is -0.111.